The zero-order chi connectivity index (χ0) is 22.6. The van der Waals surface area contributed by atoms with Crippen molar-refractivity contribution in [1.29, 1.82) is 0 Å². The molecule has 33 heavy (non-hydrogen) atoms. The molecular formula is C26H32N4O3. The van der Waals surface area contributed by atoms with Gasteiger partial charge in [0.15, 0.2) is 0 Å². The Labute approximate surface area is 194 Å². The number of pyridine rings is 1. The molecule has 1 aromatic carbocycles. The summed E-state index contributed by atoms with van der Waals surface area (Å²) in [6.07, 6.45) is 6.34. The Bertz CT molecular complexity index is 1110. The maximum Gasteiger partial charge on any atom is 0.257 e. The average Bonchev–Trinajstić information content (AvgIpc) is 3.21. The van der Waals surface area contributed by atoms with E-state index in [4.69, 9.17) is 14.5 Å². The van der Waals surface area contributed by atoms with Gasteiger partial charge in [0.05, 0.1) is 25.9 Å². The molecule has 0 bridgehead atoms. The molecule has 1 atom stereocenters. The van der Waals surface area contributed by atoms with Crippen molar-refractivity contribution in [2.45, 2.75) is 25.7 Å². The number of benzene rings is 1. The number of piperidine rings is 1. The number of ether oxygens (including phenoxy) is 2. The van der Waals surface area contributed by atoms with E-state index in [0.717, 1.165) is 41.9 Å². The Kier molecular flexibility index (Phi) is 6.48. The van der Waals surface area contributed by atoms with Gasteiger partial charge in [-0.15, -0.1) is 0 Å². The minimum Gasteiger partial charge on any atom is -0.496 e. The second-order valence-corrected chi connectivity index (χ2v) is 9.05. The minimum atomic E-state index is 0.00832. The third-order valence-corrected chi connectivity index (χ3v) is 6.72. The highest BCUT2D eigenvalue weighted by Gasteiger charge is 2.27. The third-order valence-electron chi connectivity index (χ3n) is 6.72. The van der Waals surface area contributed by atoms with Gasteiger partial charge in [-0.2, -0.15) is 0 Å². The second kappa shape index (κ2) is 9.83. The highest BCUT2D eigenvalue weighted by atomic mass is 16.5. The summed E-state index contributed by atoms with van der Waals surface area (Å²) in [5, 5.41) is 1.10. The summed E-state index contributed by atoms with van der Waals surface area (Å²) in [6, 6.07) is 12.2. The predicted molar refractivity (Wildman–Crippen MR) is 129 cm³/mol. The van der Waals surface area contributed by atoms with Gasteiger partial charge in [-0.3, -0.25) is 4.79 Å². The number of carbonyl (C=O) groups excluding carboxylic acids is 1. The fraction of sp³-hybridized carbons (Fsp3) is 0.462. The Hall–Kier alpha value is -3.06. The van der Waals surface area contributed by atoms with Crippen LogP contribution in [0.3, 0.4) is 0 Å². The quantitative estimate of drug-likeness (QED) is 0.641. The van der Waals surface area contributed by atoms with Crippen LogP contribution in [0.15, 0.2) is 42.6 Å². The van der Waals surface area contributed by atoms with Crippen molar-refractivity contribution in [2.75, 3.05) is 51.4 Å². The first-order chi connectivity index (χ1) is 16.2. The first-order valence-electron chi connectivity index (χ1n) is 11.9. The molecule has 1 N–H and O–H groups in total. The molecule has 0 spiro atoms. The van der Waals surface area contributed by atoms with E-state index in [1.165, 1.54) is 19.3 Å². The molecule has 4 heterocycles. The van der Waals surface area contributed by atoms with Crippen LogP contribution in [0.25, 0.3) is 11.0 Å². The number of nitrogens with zero attached hydrogens (tertiary/aromatic N) is 3. The van der Waals surface area contributed by atoms with Crippen LogP contribution in [0.1, 0.15) is 35.3 Å². The van der Waals surface area contributed by atoms with Gasteiger partial charge in [-0.05, 0) is 62.1 Å². The maximum absolute atomic E-state index is 13.7. The predicted octanol–water partition coefficient (Wildman–Crippen LogP) is 3.89. The zero-order valence-corrected chi connectivity index (χ0v) is 19.3. The van der Waals surface area contributed by atoms with Gasteiger partial charge in [0.2, 0.25) is 0 Å². The van der Waals surface area contributed by atoms with E-state index in [9.17, 15) is 4.79 Å². The number of rotatable bonds is 5. The van der Waals surface area contributed by atoms with Gasteiger partial charge in [-0.25, -0.2) is 4.98 Å². The van der Waals surface area contributed by atoms with Gasteiger partial charge in [0.1, 0.15) is 11.4 Å². The number of aromatic amines is 1. The monoisotopic (exact) mass is 448 g/mol. The van der Waals surface area contributed by atoms with E-state index in [1.807, 2.05) is 29.3 Å². The highest BCUT2D eigenvalue weighted by Crippen LogP contribution is 2.29. The SMILES string of the molecule is COc1ccc(N2CCCCC2)cc1C(=O)N1CCOCC(Cc2ccc3cc[nH]c3n2)C1. The number of aromatic nitrogens is 2. The summed E-state index contributed by atoms with van der Waals surface area (Å²) >= 11 is 0. The Morgan fingerprint density at radius 2 is 2.03 bits per heavy atom. The molecule has 0 saturated carbocycles. The molecule has 174 valence electrons. The van der Waals surface area contributed by atoms with Crippen LogP contribution in [0.5, 0.6) is 5.75 Å². The zero-order valence-electron chi connectivity index (χ0n) is 19.3. The van der Waals surface area contributed by atoms with Crippen molar-refractivity contribution in [3.63, 3.8) is 0 Å². The first kappa shape index (κ1) is 21.8. The van der Waals surface area contributed by atoms with Crippen molar-refractivity contribution in [1.82, 2.24) is 14.9 Å². The molecule has 0 aliphatic carbocycles. The Balaban J connectivity index is 1.34. The molecular weight excluding hydrogens is 416 g/mol. The van der Waals surface area contributed by atoms with Crippen LogP contribution in [-0.4, -0.2) is 67.3 Å². The molecule has 3 aromatic rings. The number of hydrogen-bond acceptors (Lipinski definition) is 5. The summed E-state index contributed by atoms with van der Waals surface area (Å²) in [7, 11) is 1.63. The molecule has 2 aliphatic rings. The van der Waals surface area contributed by atoms with E-state index in [-0.39, 0.29) is 11.8 Å². The lowest BCUT2D eigenvalue weighted by molar-refractivity contribution is 0.0734. The summed E-state index contributed by atoms with van der Waals surface area (Å²) in [6.45, 7) is 4.46. The van der Waals surface area contributed by atoms with Crippen molar-refractivity contribution in [3.05, 3.63) is 53.9 Å². The molecule has 7 heteroatoms. The van der Waals surface area contributed by atoms with E-state index in [0.29, 0.717) is 37.6 Å². The van der Waals surface area contributed by atoms with Gasteiger partial charge >= 0.3 is 0 Å². The average molecular weight is 449 g/mol. The van der Waals surface area contributed by atoms with Gasteiger partial charge in [0, 0.05) is 55.1 Å². The number of carbonyl (C=O) groups is 1. The van der Waals surface area contributed by atoms with Gasteiger partial charge in [0.25, 0.3) is 5.91 Å². The topological polar surface area (TPSA) is 70.7 Å². The van der Waals surface area contributed by atoms with Crippen LogP contribution in [0.2, 0.25) is 0 Å². The summed E-state index contributed by atoms with van der Waals surface area (Å²) in [4.78, 5) is 25.9. The minimum absolute atomic E-state index is 0.00832. The number of hydrogen-bond donors (Lipinski definition) is 1. The van der Waals surface area contributed by atoms with Crippen molar-refractivity contribution < 1.29 is 14.3 Å². The Morgan fingerprint density at radius 1 is 1.15 bits per heavy atom. The van der Waals surface area contributed by atoms with Crippen molar-refractivity contribution >= 4 is 22.6 Å². The van der Waals surface area contributed by atoms with Gasteiger partial charge in [-0.1, -0.05) is 0 Å². The number of fused-ring (bicyclic) bond motifs is 1. The summed E-state index contributed by atoms with van der Waals surface area (Å²) in [5.41, 5.74) is 3.64. The molecule has 2 aromatic heterocycles. The van der Waals surface area contributed by atoms with E-state index < -0.39 is 0 Å². The standard InChI is InChI=1S/C26H32N4O3/c1-32-24-8-7-22(29-11-3-2-4-12-29)16-23(24)26(31)30-13-14-33-18-19(17-30)15-21-6-5-20-9-10-27-25(20)28-21/h5-10,16,19H,2-4,11-15,17-18H2,1H3,(H,27,28). The van der Waals surface area contributed by atoms with Crippen LogP contribution < -0.4 is 9.64 Å². The molecule has 1 amide bonds. The van der Waals surface area contributed by atoms with Crippen molar-refractivity contribution in [3.8, 4) is 5.75 Å². The van der Waals surface area contributed by atoms with E-state index >= 15 is 0 Å². The molecule has 2 fully saturated rings. The summed E-state index contributed by atoms with van der Waals surface area (Å²) < 4.78 is 11.5. The molecule has 1 unspecified atom stereocenters. The Morgan fingerprint density at radius 3 is 2.88 bits per heavy atom. The molecule has 2 saturated heterocycles. The number of H-pyrrole nitrogens is 1. The maximum atomic E-state index is 13.7. The lowest BCUT2D eigenvalue weighted by atomic mass is 10.0. The highest BCUT2D eigenvalue weighted by molar-refractivity contribution is 5.98. The van der Waals surface area contributed by atoms with Crippen LogP contribution >= 0.6 is 0 Å². The fourth-order valence-electron chi connectivity index (χ4n) is 4.95. The number of methoxy groups -OCH3 is 1. The normalized spacial score (nSPS) is 19.5. The van der Waals surface area contributed by atoms with E-state index in [2.05, 4.69) is 28.1 Å². The number of anilines is 1. The van der Waals surface area contributed by atoms with Crippen LogP contribution in [0, 0.1) is 5.92 Å². The second-order valence-electron chi connectivity index (χ2n) is 9.05. The lowest BCUT2D eigenvalue weighted by Crippen LogP contribution is -2.37. The van der Waals surface area contributed by atoms with E-state index in [1.54, 1.807) is 7.11 Å². The summed E-state index contributed by atoms with van der Waals surface area (Å²) in [5.74, 6) is 0.822. The molecule has 5 rings (SSSR count). The number of nitrogens with one attached hydrogen (secondary N) is 1. The molecule has 7 nitrogen and oxygen atoms in total. The van der Waals surface area contributed by atoms with Crippen molar-refractivity contribution in [2.24, 2.45) is 5.92 Å². The lowest BCUT2D eigenvalue weighted by Gasteiger charge is -2.30. The largest absolute Gasteiger partial charge is 0.496 e. The first-order valence-corrected chi connectivity index (χ1v) is 11.9. The fourth-order valence-corrected chi connectivity index (χ4v) is 4.95. The molecule has 2 aliphatic heterocycles. The van der Waals surface area contributed by atoms with Gasteiger partial charge < -0.3 is 24.3 Å². The van der Waals surface area contributed by atoms with Crippen LogP contribution in [-0.2, 0) is 11.2 Å². The smallest absolute Gasteiger partial charge is 0.257 e. The third kappa shape index (κ3) is 4.83. The molecule has 0 radical (unpaired) electrons. The number of amides is 1. The van der Waals surface area contributed by atoms with Crippen LogP contribution in [0.4, 0.5) is 5.69 Å².